The molecule has 21 heteroatoms. The van der Waals surface area contributed by atoms with Crippen LogP contribution < -0.4 is 37.4 Å². The zero-order valence-electron chi connectivity index (χ0n) is 90.0. The van der Waals surface area contributed by atoms with E-state index in [1.165, 1.54) is 173 Å². The van der Waals surface area contributed by atoms with E-state index in [1.807, 2.05) is 190 Å². The molecule has 786 valence electrons. The standard InChI is InChI=1S/C15H25N2O3.C14H11IO2.3C14H11O2.C6H5.C4H9O.8C4H9.2C4H7.C3H7.ClH.Mg.4Sn/c1-2-3-10-20-13(18)7-5-4-6-11-8-9-12-14(11)17-15(19)16-12;15-13-8-4-7-12(9-13)14(16)17-10-11-5-2-1-3-6-11;3*15-14(13-9-5-2-6-10-13)16-11-12-7-3-1-4-8-12;1-2-4-6-5-3-1;1-2-3-4-5;10*1-3-4-2;1-3-2;;;;;;/h11-12,14H,1-10H2,(H2,16,17,19);1-9H,10H2;3*1-5,7-10H,11H2;1-5H;5H,1-4H2;8*1,3-4H2,2H3;2*3H,1-2,4H2;3H,1-2H3;1H;;;;;/q;;;;;;;;;;;;;;;;;-1;;+2;;;;/p-1/t11-,12+,14-;;;;;;;;;;;;;;;;;;;;;;;/m1......................./s1. The fourth-order valence-corrected chi connectivity index (χ4v) is 82.4. The van der Waals surface area contributed by atoms with Crippen molar-refractivity contribution in [3.63, 3.8) is 0 Å². The number of carbonyl (C=O) groups excluding carboxylic acids is 6. The van der Waals surface area contributed by atoms with Crippen LogP contribution >= 0.6 is 22.6 Å². The number of halogens is 2. The molecule has 1 heterocycles. The molecule has 9 aromatic carbocycles. The minimum Gasteiger partial charge on any atom is -1.00 e. The maximum Gasteiger partial charge on any atom is 2.00 e. The summed E-state index contributed by atoms with van der Waals surface area (Å²) in [5.41, 5.74) is 6.63. The molecule has 1 aliphatic carbocycles. The van der Waals surface area contributed by atoms with Gasteiger partial charge in [0, 0.05) is 3.57 Å². The number of amides is 2. The number of ether oxygens (including phenoxy) is 5. The molecule has 14 nitrogen and oxygen atoms in total. The second-order valence-corrected chi connectivity index (χ2v) is 93.4. The summed E-state index contributed by atoms with van der Waals surface area (Å²) < 4.78 is 51.1. The molecule has 1 saturated heterocycles. The van der Waals surface area contributed by atoms with Gasteiger partial charge in [0.2, 0.25) is 0 Å². The normalized spacial score (nSPS) is 13.3. The Morgan fingerprint density at radius 1 is 0.366 bits per heavy atom. The van der Waals surface area contributed by atoms with E-state index in [0.717, 1.165) is 90.0 Å². The number of allylic oxidation sites excluding steroid dienone is 2. The summed E-state index contributed by atoms with van der Waals surface area (Å²) in [5.74, 6) is -0.574. The van der Waals surface area contributed by atoms with Gasteiger partial charge in [0.25, 0.3) is 0 Å². The predicted octanol–water partition coefficient (Wildman–Crippen LogP) is 27.6. The molecule has 9 aromatic rings. The fourth-order valence-electron chi connectivity index (χ4n) is 19.9. The van der Waals surface area contributed by atoms with Crippen LogP contribution in [0.3, 0.4) is 0 Å². The van der Waals surface area contributed by atoms with Crippen molar-refractivity contribution in [3.05, 3.63) is 329 Å². The van der Waals surface area contributed by atoms with Gasteiger partial charge in [-0.05, 0) is 52.8 Å². The average molecular weight is 2550 g/mol. The topological polar surface area (TPSA) is 193 Å². The van der Waals surface area contributed by atoms with Crippen LogP contribution in [0.15, 0.2) is 274 Å². The van der Waals surface area contributed by atoms with Gasteiger partial charge in [-0.15, -0.1) is 0 Å². The number of unbranched alkanes of at least 4 members (excludes halogenated alkanes) is 11. The third-order valence-corrected chi connectivity index (χ3v) is 90.9. The van der Waals surface area contributed by atoms with Crippen molar-refractivity contribution in [1.29, 1.82) is 0 Å². The van der Waals surface area contributed by atoms with E-state index in [2.05, 4.69) is 187 Å². The van der Waals surface area contributed by atoms with E-state index in [1.54, 1.807) is 9.65 Å². The molecule has 0 spiro atoms. The van der Waals surface area contributed by atoms with Gasteiger partial charge in [-0.25, -0.2) is 9.59 Å². The van der Waals surface area contributed by atoms with E-state index in [-0.39, 0.29) is 96.6 Å². The summed E-state index contributed by atoms with van der Waals surface area (Å²) in [7, 11) is 0. The van der Waals surface area contributed by atoms with Crippen LogP contribution in [0.5, 0.6) is 0 Å². The zero-order valence-corrected chi connectivity index (χ0v) is 106. The number of carbonyl (C=O) groups is 6. The molecule has 145 heavy (non-hydrogen) atoms. The number of aliphatic hydroxyl groups is 1. The van der Waals surface area contributed by atoms with Gasteiger partial charge in [0.1, 0.15) is 6.61 Å². The Bertz CT molecular complexity index is 4980. The summed E-state index contributed by atoms with van der Waals surface area (Å²) in [6.07, 6.45) is 38.3. The number of benzene rings is 9. The molecule has 1 aliphatic heterocycles. The molecule has 1 saturated carbocycles. The minimum absolute atomic E-state index is 0. The molecule has 0 bridgehead atoms. The number of urea groups is 1. The molecule has 0 unspecified atom stereocenters. The molecule has 3 atom stereocenters. The zero-order chi connectivity index (χ0) is 103. The number of nitrogens with one attached hydrogen (secondary N) is 2. The minimum atomic E-state index is -2.84. The Hall–Kier alpha value is -5.98. The second-order valence-electron chi connectivity index (χ2n) is 39.2. The van der Waals surface area contributed by atoms with Crippen LogP contribution in [0.1, 0.15) is 313 Å². The van der Waals surface area contributed by atoms with Crippen molar-refractivity contribution in [2.24, 2.45) is 5.92 Å². The van der Waals surface area contributed by atoms with E-state index >= 15 is 0 Å². The summed E-state index contributed by atoms with van der Waals surface area (Å²) >= 11 is -8.09. The molecule has 11 rings (SSSR count). The van der Waals surface area contributed by atoms with E-state index in [9.17, 15) is 33.9 Å². The summed E-state index contributed by atoms with van der Waals surface area (Å²) in [4.78, 5) is 74.3. The van der Waals surface area contributed by atoms with Gasteiger partial charge in [-0.3, -0.25) is 0 Å². The van der Waals surface area contributed by atoms with E-state index < -0.39 is 73.5 Å². The van der Waals surface area contributed by atoms with Crippen LogP contribution in [0.2, 0.25) is 53.2 Å². The Labute approximate surface area is 928 Å². The average Bonchev–Trinajstić information content (AvgIpc) is 1.59. The molecular weight excluding hydrogens is 2370 g/mol. The van der Waals surface area contributed by atoms with Gasteiger partial charge in [0.15, 0.2) is 0 Å². The molecule has 0 radical (unpaired) electrons. The molecule has 0 aromatic heterocycles. The van der Waals surface area contributed by atoms with Crippen LogP contribution in [0.4, 0.5) is 4.79 Å². The second kappa shape index (κ2) is 79.1. The summed E-state index contributed by atoms with van der Waals surface area (Å²) in [5, 5.41) is 15.4. The van der Waals surface area contributed by atoms with Crippen molar-refractivity contribution in [3.8, 4) is 0 Å². The van der Waals surface area contributed by atoms with Gasteiger partial charge >= 0.3 is 770 Å². The van der Waals surface area contributed by atoms with Crippen LogP contribution in [-0.4, -0.2) is 163 Å². The SMILES string of the molecule is C=CC[CH2][Sn]([CH2]CCC)([CH2]CCC)[c]1cccc(C(=O)OCc2ccccc2)c1.C=CC[CH2][Sn]([CH2]CCC)([CH2]CCC)[c]1ccccc1.CCC[CH2][Sn]([CH2]CCC)([CH2]CCCO)[c]1cccc(C(=O)OCc2ccccc2)c1.CCC[CH2][Sn]([CH2]CCC)([CH2]CCCOC(=O)CCCC[C@@H]1CC[C@@H]2NC(=O)N[C@H]12)[c]1cccc(C(=O)OCc2ccccc2)c1.C[CH-]C.O=C(OCc1ccccc1)c1cccc(I)c1.[Cl-].[Mg+2]. The van der Waals surface area contributed by atoms with Crippen LogP contribution in [0.25, 0.3) is 0 Å². The molecule has 2 aliphatic rings. The van der Waals surface area contributed by atoms with Gasteiger partial charge in [-0.2, -0.15) is 13.8 Å². The first kappa shape index (κ1) is 131. The van der Waals surface area contributed by atoms with Gasteiger partial charge in [-0.1, -0.05) is 36.4 Å². The van der Waals surface area contributed by atoms with Crippen LogP contribution in [-0.2, 0) is 54.9 Å². The Kier molecular flexibility index (Phi) is 71.6. The molecule has 3 N–H and O–H groups in total. The summed E-state index contributed by atoms with van der Waals surface area (Å²) in [6, 6.07) is 83.6. The van der Waals surface area contributed by atoms with Crippen molar-refractivity contribution in [2.45, 2.75) is 341 Å². The smallest absolute Gasteiger partial charge is 1.00 e. The quantitative estimate of drug-likeness (QED) is 0.00622. The van der Waals surface area contributed by atoms with Crippen molar-refractivity contribution < 1.29 is 70.0 Å². The van der Waals surface area contributed by atoms with E-state index in [4.69, 9.17) is 23.7 Å². The van der Waals surface area contributed by atoms with E-state index in [0.29, 0.717) is 61.0 Å². The number of hydrogen-bond donors (Lipinski definition) is 3. The van der Waals surface area contributed by atoms with Gasteiger partial charge in [0.05, 0.1) is 11.6 Å². The maximum atomic E-state index is 13.0. The molecule has 2 fully saturated rings. The van der Waals surface area contributed by atoms with Crippen molar-refractivity contribution in [1.82, 2.24) is 10.6 Å². The van der Waals surface area contributed by atoms with Crippen molar-refractivity contribution >= 4 is 169 Å². The number of hydrogen-bond acceptors (Lipinski definition) is 12. The first-order valence-corrected chi connectivity index (χ1v) is 85.5. The fraction of sp³-hybridized carbons (Fsp3) is 0.476. The Morgan fingerprint density at radius 2 is 0.662 bits per heavy atom. The van der Waals surface area contributed by atoms with Gasteiger partial charge < -0.3 is 34.2 Å². The molecule has 2 amide bonds. The van der Waals surface area contributed by atoms with Crippen molar-refractivity contribution in [2.75, 3.05) is 13.2 Å². The van der Waals surface area contributed by atoms with Crippen LogP contribution in [0, 0.1) is 15.9 Å². The molecular formula is C124H176ClIMgN2O12Sn4. The number of aliphatic hydroxyl groups excluding tert-OH is 1. The maximum absolute atomic E-state index is 13.0. The Morgan fingerprint density at radius 3 is 0.986 bits per heavy atom. The number of rotatable bonds is 60. The first-order chi connectivity index (χ1) is 69.7. The largest absolute Gasteiger partial charge is 2.00 e. The first-order valence-electron chi connectivity index (χ1n) is 54.5. The Balaban J connectivity index is 0.000000389. The monoisotopic (exact) mass is 2550 g/mol. The number of esters is 5. The summed E-state index contributed by atoms with van der Waals surface area (Å²) in [6.45, 7) is 32.2. The number of fused-ring (bicyclic) bond motifs is 1. The third kappa shape index (κ3) is 49.5. The third-order valence-electron chi connectivity index (χ3n) is 28.1. The predicted molar refractivity (Wildman–Crippen MR) is 624 cm³/mol.